The van der Waals surface area contributed by atoms with Gasteiger partial charge in [-0.1, -0.05) is 144 Å². The number of fused-ring (bicyclic) bond motifs is 2. The average Bonchev–Trinajstić information content (AvgIpc) is 2.94. The molecule has 242 valence electrons. The first-order valence-corrected chi connectivity index (χ1v) is 17.5. The highest BCUT2D eigenvalue weighted by atomic mass is 31.2. The minimum Gasteiger partial charge on any atom is -0.408 e. The van der Waals surface area contributed by atoms with E-state index in [9.17, 15) is 0 Å². The second-order valence-electron chi connectivity index (χ2n) is 16.6. The van der Waals surface area contributed by atoms with Gasteiger partial charge in [-0.2, -0.15) is 0 Å². The quantitative estimate of drug-likeness (QED) is 0.174. The van der Waals surface area contributed by atoms with Crippen LogP contribution in [0.25, 0.3) is 21.5 Å². The first-order valence-electron chi connectivity index (χ1n) is 16.4. The molecule has 0 aromatic heterocycles. The monoisotopic (exact) mass is 634 g/mol. The van der Waals surface area contributed by atoms with E-state index in [0.717, 1.165) is 33.4 Å². The van der Waals surface area contributed by atoms with E-state index in [1.54, 1.807) is 0 Å². The van der Waals surface area contributed by atoms with Crippen LogP contribution < -0.4 is 13.6 Å². The van der Waals surface area contributed by atoms with Crippen molar-refractivity contribution in [2.75, 3.05) is 0 Å². The average molecular weight is 635 g/mol. The fourth-order valence-electron chi connectivity index (χ4n) is 5.80. The van der Waals surface area contributed by atoms with Gasteiger partial charge in [-0.25, -0.2) is 0 Å². The summed E-state index contributed by atoms with van der Waals surface area (Å²) >= 11 is 0. The van der Waals surface area contributed by atoms with Crippen LogP contribution in [0.5, 0.6) is 17.2 Å². The summed E-state index contributed by atoms with van der Waals surface area (Å²) in [6.45, 7) is 27.0. The highest BCUT2D eigenvalue weighted by Crippen LogP contribution is 2.49. The molecule has 0 spiro atoms. The Morgan fingerprint density at radius 3 is 1.63 bits per heavy atom. The number of hydrogen-bond donors (Lipinski definition) is 0. The molecule has 0 saturated heterocycles. The van der Waals surface area contributed by atoms with Crippen molar-refractivity contribution in [2.45, 2.75) is 105 Å². The Labute approximate surface area is 278 Å². The molecule has 5 rings (SSSR count). The number of para-hydroxylation sites is 1. The number of hydrogen-bond acceptors (Lipinski definition) is 3. The first-order chi connectivity index (χ1) is 21.3. The summed E-state index contributed by atoms with van der Waals surface area (Å²) in [5.74, 6) is 2.26. The molecular formula is C42H51O3P. The molecule has 0 heterocycles. The number of rotatable bonds is 6. The van der Waals surface area contributed by atoms with Crippen molar-refractivity contribution in [3.8, 4) is 17.2 Å². The van der Waals surface area contributed by atoms with E-state index in [2.05, 4.69) is 150 Å². The van der Waals surface area contributed by atoms with E-state index < -0.39 is 8.60 Å². The van der Waals surface area contributed by atoms with Gasteiger partial charge < -0.3 is 13.6 Å². The third-order valence-corrected chi connectivity index (χ3v) is 9.53. The van der Waals surface area contributed by atoms with Crippen molar-refractivity contribution in [3.05, 3.63) is 113 Å². The summed E-state index contributed by atoms with van der Waals surface area (Å²) in [6, 6.07) is 31.9. The third-order valence-electron chi connectivity index (χ3n) is 8.48. The van der Waals surface area contributed by atoms with Crippen LogP contribution in [0.1, 0.15) is 105 Å². The molecule has 0 bridgehead atoms. The lowest BCUT2D eigenvalue weighted by Crippen LogP contribution is -2.18. The lowest BCUT2D eigenvalue weighted by Gasteiger charge is -2.30. The number of benzene rings is 5. The van der Waals surface area contributed by atoms with Crippen molar-refractivity contribution in [2.24, 2.45) is 0 Å². The summed E-state index contributed by atoms with van der Waals surface area (Å²) in [7, 11) is -1.89. The van der Waals surface area contributed by atoms with Crippen LogP contribution in [0.2, 0.25) is 0 Å². The molecule has 0 N–H and O–H groups in total. The zero-order chi connectivity index (χ0) is 33.7. The summed E-state index contributed by atoms with van der Waals surface area (Å²) in [5.41, 5.74) is 4.53. The molecule has 5 aromatic rings. The lowest BCUT2D eigenvalue weighted by atomic mass is 9.76. The van der Waals surface area contributed by atoms with Crippen LogP contribution in [-0.4, -0.2) is 0 Å². The molecular weight excluding hydrogens is 583 g/mol. The van der Waals surface area contributed by atoms with Gasteiger partial charge in [0.25, 0.3) is 0 Å². The second-order valence-corrected chi connectivity index (χ2v) is 17.6. The largest absolute Gasteiger partial charge is 0.530 e. The fourth-order valence-corrected chi connectivity index (χ4v) is 6.83. The molecule has 1 atom stereocenters. The molecule has 0 aliphatic heterocycles. The van der Waals surface area contributed by atoms with Gasteiger partial charge in [0, 0.05) is 11.1 Å². The smallest absolute Gasteiger partial charge is 0.408 e. The molecule has 0 aliphatic rings. The summed E-state index contributed by atoms with van der Waals surface area (Å²) in [6.07, 6.45) is 0. The predicted molar refractivity (Wildman–Crippen MR) is 198 cm³/mol. The molecule has 0 aliphatic carbocycles. The Kier molecular flexibility index (Phi) is 8.99. The van der Waals surface area contributed by atoms with Crippen LogP contribution in [0.4, 0.5) is 0 Å². The van der Waals surface area contributed by atoms with Gasteiger partial charge >= 0.3 is 8.60 Å². The molecule has 46 heavy (non-hydrogen) atoms. The van der Waals surface area contributed by atoms with Gasteiger partial charge in [0.1, 0.15) is 17.2 Å². The summed E-state index contributed by atoms with van der Waals surface area (Å²) in [4.78, 5) is 0. The zero-order valence-electron chi connectivity index (χ0n) is 29.8. The fraction of sp³-hybridized carbons (Fsp3) is 0.381. The van der Waals surface area contributed by atoms with E-state index in [-0.39, 0.29) is 21.7 Å². The van der Waals surface area contributed by atoms with Gasteiger partial charge in [-0.05, 0) is 84.7 Å². The van der Waals surface area contributed by atoms with Gasteiger partial charge in [0.05, 0.1) is 0 Å². The normalized spacial score (nSPS) is 13.6. The topological polar surface area (TPSA) is 27.7 Å². The van der Waals surface area contributed by atoms with Crippen LogP contribution >= 0.6 is 8.60 Å². The minimum atomic E-state index is -1.89. The van der Waals surface area contributed by atoms with Gasteiger partial charge in [0.2, 0.25) is 0 Å². The van der Waals surface area contributed by atoms with E-state index in [1.165, 1.54) is 21.9 Å². The Morgan fingerprint density at radius 2 is 1.00 bits per heavy atom. The molecule has 0 amide bonds. The van der Waals surface area contributed by atoms with Crippen LogP contribution in [0.15, 0.2) is 91.0 Å². The highest BCUT2D eigenvalue weighted by molar-refractivity contribution is 7.43. The second kappa shape index (κ2) is 12.2. The van der Waals surface area contributed by atoms with Gasteiger partial charge in [-0.15, -0.1) is 0 Å². The molecule has 0 fully saturated rings. The zero-order valence-corrected chi connectivity index (χ0v) is 30.7. The Bertz CT molecular complexity index is 1860. The summed E-state index contributed by atoms with van der Waals surface area (Å²) < 4.78 is 20.4. The van der Waals surface area contributed by atoms with Crippen molar-refractivity contribution < 1.29 is 13.6 Å². The standard InChI is InChI=1S/C42H51O3P/c1-39(2,3)31-23-30-25-36(42(10,11)12)38(27-33(30)35(26-31)41(7,8)9)45-46(44-37-20-16-15-19-34(37)40(4,5)6)43-32-22-21-28-17-13-14-18-29(28)24-32/h13-27H,1-12H3. The first kappa shape index (κ1) is 33.8. The third kappa shape index (κ3) is 7.53. The van der Waals surface area contributed by atoms with E-state index in [0.29, 0.717) is 5.75 Å². The Balaban J connectivity index is 1.68. The molecule has 1 unspecified atom stereocenters. The maximum absolute atomic E-state index is 6.95. The van der Waals surface area contributed by atoms with Crippen molar-refractivity contribution in [1.82, 2.24) is 0 Å². The van der Waals surface area contributed by atoms with Crippen LogP contribution in [-0.2, 0) is 21.7 Å². The van der Waals surface area contributed by atoms with Crippen LogP contribution in [0.3, 0.4) is 0 Å². The van der Waals surface area contributed by atoms with Crippen LogP contribution in [0, 0.1) is 0 Å². The summed E-state index contributed by atoms with van der Waals surface area (Å²) in [5, 5.41) is 4.69. The minimum absolute atomic E-state index is 0.0293. The molecule has 5 aromatic carbocycles. The maximum Gasteiger partial charge on any atom is 0.530 e. The Hall–Kier alpha value is -3.55. The van der Waals surface area contributed by atoms with Gasteiger partial charge in [-0.3, -0.25) is 0 Å². The molecule has 0 saturated carbocycles. The lowest BCUT2D eigenvalue weighted by molar-refractivity contribution is 0.377. The van der Waals surface area contributed by atoms with E-state index in [1.807, 2.05) is 24.3 Å². The predicted octanol–water partition coefficient (Wildman–Crippen LogP) is 12.9. The van der Waals surface area contributed by atoms with Crippen molar-refractivity contribution >= 4 is 30.1 Å². The Morgan fingerprint density at radius 1 is 0.413 bits per heavy atom. The molecule has 4 heteroatoms. The van der Waals surface area contributed by atoms with E-state index >= 15 is 0 Å². The SMILES string of the molecule is CC(C)(C)c1cc(C(C)(C)C)c2cc(OP(Oc3ccc4ccccc4c3)Oc3ccccc3C(C)(C)C)c(C(C)(C)C)cc2c1. The van der Waals surface area contributed by atoms with Gasteiger partial charge in [0.15, 0.2) is 0 Å². The molecule has 0 radical (unpaired) electrons. The highest BCUT2D eigenvalue weighted by Gasteiger charge is 2.30. The van der Waals surface area contributed by atoms with Crippen molar-refractivity contribution in [3.63, 3.8) is 0 Å². The van der Waals surface area contributed by atoms with Crippen molar-refractivity contribution in [1.29, 1.82) is 0 Å². The van der Waals surface area contributed by atoms with E-state index in [4.69, 9.17) is 13.6 Å². The molecule has 3 nitrogen and oxygen atoms in total. The maximum atomic E-state index is 6.95.